The fourth-order valence-electron chi connectivity index (χ4n) is 4.62. The first-order valence-electron chi connectivity index (χ1n) is 12.0. The zero-order valence-electron chi connectivity index (χ0n) is 20.5. The molecule has 2 aromatic rings. The number of hydrogen-bond donors (Lipinski definition) is 2. The Balaban J connectivity index is 1.36. The molecule has 1 aliphatic carbocycles. The lowest BCUT2D eigenvalue weighted by molar-refractivity contribution is -0.139. The van der Waals surface area contributed by atoms with Crippen LogP contribution < -0.4 is 9.64 Å². The Kier molecular flexibility index (Phi) is 8.44. The Morgan fingerprint density at radius 1 is 1.11 bits per heavy atom. The first-order valence-corrected chi connectivity index (χ1v) is 13.0. The highest BCUT2D eigenvalue weighted by Crippen LogP contribution is 2.27. The van der Waals surface area contributed by atoms with Gasteiger partial charge in [-0.25, -0.2) is 9.22 Å². The molecule has 190 valence electrons. The van der Waals surface area contributed by atoms with Gasteiger partial charge in [0.15, 0.2) is 0 Å². The van der Waals surface area contributed by atoms with Crippen molar-refractivity contribution < 1.29 is 23.4 Å². The third kappa shape index (κ3) is 6.33. The largest absolute Gasteiger partial charge is 0.497 e. The summed E-state index contributed by atoms with van der Waals surface area (Å²) in [5.74, 6) is 6.48. The number of carbonyl (C=O) groups is 1. The molecule has 0 radical (unpaired) electrons. The van der Waals surface area contributed by atoms with Crippen LogP contribution in [-0.4, -0.2) is 68.6 Å². The number of methoxy groups -OCH3 is 1. The van der Waals surface area contributed by atoms with Gasteiger partial charge in [0, 0.05) is 49.0 Å². The van der Waals surface area contributed by atoms with E-state index in [2.05, 4.69) is 34.9 Å². The van der Waals surface area contributed by atoms with E-state index in [4.69, 9.17) is 9.84 Å². The first-order chi connectivity index (χ1) is 17.3. The van der Waals surface area contributed by atoms with Crippen LogP contribution in [0.3, 0.4) is 0 Å². The van der Waals surface area contributed by atoms with Crippen LogP contribution in [0, 0.1) is 11.8 Å². The van der Waals surface area contributed by atoms with E-state index in [-0.39, 0.29) is 6.42 Å². The smallest absolute Gasteiger partial charge is 0.305 e. The number of nitrogens with zero attached hydrogens (tertiary/aromatic N) is 3. The number of carboxylic acids is 1. The summed E-state index contributed by atoms with van der Waals surface area (Å²) < 4.78 is 28.1. The lowest BCUT2D eigenvalue weighted by Gasteiger charge is -2.41. The fourth-order valence-corrected chi connectivity index (χ4v) is 5.36. The average Bonchev–Trinajstić information content (AvgIpc) is 2.87. The molecule has 0 aromatic heterocycles. The number of fused-ring (bicyclic) bond motifs is 1. The number of hydrazine groups is 1. The second-order valence-electron chi connectivity index (χ2n) is 8.95. The van der Waals surface area contributed by atoms with Gasteiger partial charge in [0.25, 0.3) is 0 Å². The number of ether oxygens (including phenoxy) is 1. The second-order valence-corrected chi connectivity index (χ2v) is 9.79. The Morgan fingerprint density at radius 3 is 2.47 bits per heavy atom. The molecule has 2 aromatic carbocycles. The molecule has 2 aliphatic rings. The molecule has 2 N–H and O–H groups in total. The lowest BCUT2D eigenvalue weighted by Crippen LogP contribution is -2.57. The van der Waals surface area contributed by atoms with E-state index in [1.54, 1.807) is 19.0 Å². The van der Waals surface area contributed by atoms with Crippen LogP contribution in [0.2, 0.25) is 0 Å². The van der Waals surface area contributed by atoms with Crippen LogP contribution >= 0.6 is 0 Å². The van der Waals surface area contributed by atoms with E-state index >= 15 is 0 Å². The van der Waals surface area contributed by atoms with Gasteiger partial charge in [-0.2, -0.15) is 0 Å². The van der Waals surface area contributed by atoms with Gasteiger partial charge in [-0.3, -0.25) is 9.35 Å². The molecule has 0 bridgehead atoms. The normalized spacial score (nSPS) is 17.4. The summed E-state index contributed by atoms with van der Waals surface area (Å²) in [5.41, 5.74) is 5.62. The van der Waals surface area contributed by atoms with Crippen molar-refractivity contribution >= 4 is 29.0 Å². The summed E-state index contributed by atoms with van der Waals surface area (Å²) in [7, 11) is 1.68. The Bertz CT molecular complexity index is 1210. The van der Waals surface area contributed by atoms with E-state index in [0.717, 1.165) is 35.4 Å². The number of allylic oxidation sites excluding steroid dienone is 1. The molecule has 1 aliphatic heterocycles. The summed E-state index contributed by atoms with van der Waals surface area (Å²) in [6.45, 7) is 4.03. The molecule has 36 heavy (non-hydrogen) atoms. The molecular formula is C27H31N3O5S. The van der Waals surface area contributed by atoms with Crippen molar-refractivity contribution in [3.05, 3.63) is 64.7 Å². The molecule has 0 saturated carbocycles. The van der Waals surface area contributed by atoms with Gasteiger partial charge in [0.05, 0.1) is 13.5 Å². The molecule has 1 saturated heterocycles. The van der Waals surface area contributed by atoms with Crippen molar-refractivity contribution in [3.8, 4) is 17.6 Å². The number of anilines is 1. The highest BCUT2D eigenvalue weighted by Gasteiger charge is 2.30. The summed E-state index contributed by atoms with van der Waals surface area (Å²) in [6, 6.07) is 13.7. The second kappa shape index (κ2) is 11.7. The molecular weight excluding hydrogens is 478 g/mol. The highest BCUT2D eigenvalue weighted by molar-refractivity contribution is 7.76. The number of benzene rings is 2. The van der Waals surface area contributed by atoms with Crippen molar-refractivity contribution in [2.75, 3.05) is 38.2 Å². The minimum atomic E-state index is -2.27. The maximum Gasteiger partial charge on any atom is 0.305 e. The molecule has 2 unspecified atom stereocenters. The van der Waals surface area contributed by atoms with Gasteiger partial charge < -0.3 is 14.7 Å². The average molecular weight is 510 g/mol. The van der Waals surface area contributed by atoms with Crippen LogP contribution in [0.15, 0.2) is 48.0 Å². The zero-order valence-corrected chi connectivity index (χ0v) is 21.3. The lowest BCUT2D eigenvalue weighted by atomic mass is 9.92. The van der Waals surface area contributed by atoms with E-state index in [1.807, 2.05) is 30.3 Å². The number of piperazine rings is 1. The maximum atomic E-state index is 11.8. The fraction of sp³-hybridized carbons (Fsp3) is 0.370. The third-order valence-electron chi connectivity index (χ3n) is 6.49. The van der Waals surface area contributed by atoms with Crippen LogP contribution in [0.1, 0.15) is 36.5 Å². The predicted molar refractivity (Wildman–Crippen MR) is 141 cm³/mol. The van der Waals surface area contributed by atoms with E-state index in [9.17, 15) is 13.6 Å². The van der Waals surface area contributed by atoms with Crippen LogP contribution in [0.25, 0.3) is 6.08 Å². The number of carboxylic acid groups (broad SMARTS) is 1. The highest BCUT2D eigenvalue weighted by atomic mass is 32.2. The third-order valence-corrected chi connectivity index (χ3v) is 7.40. The summed E-state index contributed by atoms with van der Waals surface area (Å²) in [5, 5.41) is 10.8. The maximum absolute atomic E-state index is 11.8. The van der Waals surface area contributed by atoms with Crippen LogP contribution in [-0.2, 0) is 22.5 Å². The van der Waals surface area contributed by atoms with Gasteiger partial charge in [-0.1, -0.05) is 17.9 Å². The predicted octanol–water partition coefficient (Wildman–Crippen LogP) is 3.42. The Morgan fingerprint density at radius 2 is 1.83 bits per heavy atom. The number of aliphatic carboxylic acids is 1. The Labute approximate surface area is 214 Å². The quantitative estimate of drug-likeness (QED) is 0.436. The summed E-state index contributed by atoms with van der Waals surface area (Å²) in [6.07, 6.45) is 3.82. The van der Waals surface area contributed by atoms with Crippen molar-refractivity contribution in [1.29, 1.82) is 0 Å². The van der Waals surface area contributed by atoms with E-state index < -0.39 is 23.3 Å². The number of rotatable bonds is 7. The van der Waals surface area contributed by atoms with Crippen molar-refractivity contribution in [2.24, 2.45) is 0 Å². The van der Waals surface area contributed by atoms with E-state index in [0.29, 0.717) is 26.2 Å². The number of hydrogen-bond acceptors (Lipinski definition) is 5. The van der Waals surface area contributed by atoms with Crippen molar-refractivity contribution in [2.45, 2.75) is 32.2 Å². The standard InChI is InChI=1S/C27H31N3O5S/c1-20(17-27(31)32)30(36(33)34)29-15-13-28(14-16-29)25-10-6-21(7-11-25)3-4-22-5-8-24-19-26(35-2)12-9-23(24)18-22/h6-7,9-12,18-20H,5,8,13-17H2,1-2H3,(H,31,32)(H,33,34). The van der Waals surface area contributed by atoms with Gasteiger partial charge in [-0.15, -0.1) is 4.41 Å². The van der Waals surface area contributed by atoms with Gasteiger partial charge in [-0.05, 0) is 73.4 Å². The minimum Gasteiger partial charge on any atom is -0.497 e. The molecule has 8 nitrogen and oxygen atoms in total. The van der Waals surface area contributed by atoms with Crippen LogP contribution in [0.5, 0.6) is 5.75 Å². The van der Waals surface area contributed by atoms with Gasteiger partial charge >= 0.3 is 5.97 Å². The molecule has 0 spiro atoms. The van der Waals surface area contributed by atoms with Crippen LogP contribution in [0.4, 0.5) is 5.69 Å². The molecule has 1 heterocycles. The van der Waals surface area contributed by atoms with E-state index in [1.165, 1.54) is 15.5 Å². The summed E-state index contributed by atoms with van der Waals surface area (Å²) >= 11 is -2.27. The zero-order chi connectivity index (χ0) is 25.7. The van der Waals surface area contributed by atoms with Crippen molar-refractivity contribution in [3.63, 3.8) is 0 Å². The molecule has 9 heteroatoms. The molecule has 1 fully saturated rings. The Hall–Kier alpha value is -3.16. The van der Waals surface area contributed by atoms with Crippen molar-refractivity contribution in [1.82, 2.24) is 9.42 Å². The first kappa shape index (κ1) is 25.9. The topological polar surface area (TPSA) is 93.5 Å². The summed E-state index contributed by atoms with van der Waals surface area (Å²) in [4.78, 5) is 13.3. The van der Waals surface area contributed by atoms with Gasteiger partial charge in [0.1, 0.15) is 5.75 Å². The number of aryl methyl sites for hydroxylation is 1. The molecule has 2 atom stereocenters. The molecule has 4 rings (SSSR count). The SMILES string of the molecule is COc1ccc2c(c1)CCC(C#Cc1ccc(N3CCN(N(C(C)CC(=O)O)S(=O)O)CC3)cc1)=C2. The minimum absolute atomic E-state index is 0.201. The monoisotopic (exact) mass is 509 g/mol. The molecule has 0 amide bonds. The van der Waals surface area contributed by atoms with Gasteiger partial charge in [0.2, 0.25) is 11.3 Å².